The largest absolute Gasteiger partial charge is 0.379 e. The number of hydrogen-bond acceptors (Lipinski definition) is 7. The van der Waals surface area contributed by atoms with E-state index in [1.54, 1.807) is 0 Å². The van der Waals surface area contributed by atoms with Crippen LogP contribution in [0.15, 0.2) is 28.9 Å². The number of amides is 1. The molecule has 0 saturated heterocycles. The molecule has 4 N–H and O–H groups in total. The molecule has 0 spiro atoms. The van der Waals surface area contributed by atoms with E-state index in [2.05, 4.69) is 25.0 Å². The predicted molar refractivity (Wildman–Crippen MR) is 76.2 cm³/mol. The van der Waals surface area contributed by atoms with E-state index in [1.807, 2.05) is 0 Å². The zero-order chi connectivity index (χ0) is 15.5. The fourth-order valence-corrected chi connectivity index (χ4v) is 2.06. The average Bonchev–Trinajstić information content (AvgIpc) is 2.87. The van der Waals surface area contributed by atoms with Crippen LogP contribution in [0.1, 0.15) is 17.4 Å². The van der Waals surface area contributed by atoms with Gasteiger partial charge in [0.25, 0.3) is 5.91 Å². The van der Waals surface area contributed by atoms with E-state index in [-0.39, 0.29) is 17.3 Å². The van der Waals surface area contributed by atoms with Crippen molar-refractivity contribution < 1.29 is 17.8 Å². The number of anilines is 3. The molecular formula is C11H13N5O4S. The lowest BCUT2D eigenvalue weighted by molar-refractivity contribution is 0.101. The van der Waals surface area contributed by atoms with Crippen LogP contribution in [0.5, 0.6) is 0 Å². The number of aromatic nitrogens is 2. The van der Waals surface area contributed by atoms with E-state index in [9.17, 15) is 13.2 Å². The summed E-state index contributed by atoms with van der Waals surface area (Å²) in [7, 11) is -3.33. The minimum Gasteiger partial charge on any atom is -0.379 e. The molecule has 21 heavy (non-hydrogen) atoms. The molecule has 112 valence electrons. The molecule has 9 nitrogen and oxygen atoms in total. The monoisotopic (exact) mass is 311 g/mol. The lowest BCUT2D eigenvalue weighted by atomic mass is 10.3. The summed E-state index contributed by atoms with van der Waals surface area (Å²) >= 11 is 0. The fraction of sp³-hybridized carbons (Fsp3) is 0.182. The molecule has 0 saturated carbocycles. The van der Waals surface area contributed by atoms with Gasteiger partial charge in [0, 0.05) is 11.4 Å². The van der Waals surface area contributed by atoms with Crippen molar-refractivity contribution in [3.63, 3.8) is 0 Å². The Morgan fingerprint density at radius 1 is 1.24 bits per heavy atom. The first-order valence-corrected chi connectivity index (χ1v) is 7.56. The topological polar surface area (TPSA) is 140 Å². The smallest absolute Gasteiger partial charge is 0.281 e. The molecule has 0 bridgehead atoms. The van der Waals surface area contributed by atoms with Gasteiger partial charge in [-0.15, -0.1) is 0 Å². The van der Waals surface area contributed by atoms with Gasteiger partial charge in [0.05, 0.1) is 5.75 Å². The van der Waals surface area contributed by atoms with Gasteiger partial charge < -0.3 is 11.1 Å². The average molecular weight is 311 g/mol. The van der Waals surface area contributed by atoms with Crippen molar-refractivity contribution in [2.24, 2.45) is 0 Å². The second-order valence-electron chi connectivity index (χ2n) is 4.04. The van der Waals surface area contributed by atoms with Gasteiger partial charge in [-0.3, -0.25) is 9.52 Å². The number of hydrogen-bond donors (Lipinski definition) is 3. The number of sulfonamides is 1. The summed E-state index contributed by atoms with van der Waals surface area (Å²) in [5, 5.41) is 9.20. The van der Waals surface area contributed by atoms with Crippen LogP contribution < -0.4 is 15.8 Å². The zero-order valence-corrected chi connectivity index (χ0v) is 11.8. The lowest BCUT2D eigenvalue weighted by Crippen LogP contribution is -2.15. The van der Waals surface area contributed by atoms with Crippen molar-refractivity contribution in [3.8, 4) is 0 Å². The molecule has 0 atom stereocenters. The van der Waals surface area contributed by atoms with Crippen LogP contribution in [0.2, 0.25) is 0 Å². The molecular weight excluding hydrogens is 298 g/mol. The highest BCUT2D eigenvalue weighted by molar-refractivity contribution is 7.92. The van der Waals surface area contributed by atoms with Crippen LogP contribution >= 0.6 is 0 Å². The Morgan fingerprint density at radius 2 is 1.86 bits per heavy atom. The number of nitrogens with two attached hydrogens (primary N) is 1. The summed E-state index contributed by atoms with van der Waals surface area (Å²) in [6.07, 6.45) is 0. The molecule has 1 heterocycles. The quantitative estimate of drug-likeness (QED) is 0.736. The van der Waals surface area contributed by atoms with Gasteiger partial charge in [0.2, 0.25) is 21.5 Å². The summed E-state index contributed by atoms with van der Waals surface area (Å²) in [6, 6.07) is 6.12. The Morgan fingerprint density at radius 3 is 2.38 bits per heavy atom. The zero-order valence-electron chi connectivity index (χ0n) is 11.0. The Balaban J connectivity index is 2.06. The van der Waals surface area contributed by atoms with Crippen LogP contribution in [0.4, 0.5) is 17.2 Å². The number of nitrogen functional groups attached to an aromatic ring is 1. The second kappa shape index (κ2) is 5.79. The molecule has 10 heteroatoms. The standard InChI is InChI=1S/C11H13N5O4S/c1-2-21(18,19)16-8-5-3-7(4-6-8)13-11(17)9-10(12)15-20-14-9/h3-6,16H,2H2,1H3,(H2,12,15)(H,13,17). The van der Waals surface area contributed by atoms with Crippen LogP contribution in [0.3, 0.4) is 0 Å². The third-order valence-electron chi connectivity index (χ3n) is 2.53. The van der Waals surface area contributed by atoms with Crippen molar-refractivity contribution >= 4 is 33.1 Å². The first kappa shape index (κ1) is 14.8. The molecule has 0 aliphatic carbocycles. The maximum atomic E-state index is 11.8. The van der Waals surface area contributed by atoms with Gasteiger partial charge in [-0.1, -0.05) is 0 Å². The summed E-state index contributed by atoms with van der Waals surface area (Å²) in [5.41, 5.74) is 6.13. The number of carbonyl (C=O) groups excluding carboxylic acids is 1. The van der Waals surface area contributed by atoms with Gasteiger partial charge >= 0.3 is 0 Å². The normalized spacial score (nSPS) is 11.1. The van der Waals surface area contributed by atoms with E-state index < -0.39 is 15.9 Å². The van der Waals surface area contributed by atoms with Gasteiger partial charge in [-0.25, -0.2) is 13.0 Å². The van der Waals surface area contributed by atoms with E-state index in [4.69, 9.17) is 5.73 Å². The van der Waals surface area contributed by atoms with Gasteiger partial charge in [0.15, 0.2) is 0 Å². The van der Waals surface area contributed by atoms with E-state index in [0.29, 0.717) is 11.4 Å². The van der Waals surface area contributed by atoms with Crippen molar-refractivity contribution in [1.82, 2.24) is 10.3 Å². The Bertz CT molecular complexity index is 738. The van der Waals surface area contributed by atoms with Crippen molar-refractivity contribution in [2.45, 2.75) is 6.92 Å². The Kier molecular flexibility index (Phi) is 4.08. The van der Waals surface area contributed by atoms with Crippen molar-refractivity contribution in [3.05, 3.63) is 30.0 Å². The molecule has 1 aromatic heterocycles. The maximum Gasteiger partial charge on any atom is 0.281 e. The number of nitrogens with one attached hydrogen (secondary N) is 2. The lowest BCUT2D eigenvalue weighted by Gasteiger charge is -2.07. The second-order valence-corrected chi connectivity index (χ2v) is 6.05. The highest BCUT2D eigenvalue weighted by atomic mass is 32.2. The molecule has 0 radical (unpaired) electrons. The number of carbonyl (C=O) groups is 1. The SMILES string of the molecule is CCS(=O)(=O)Nc1ccc(NC(=O)c2nonc2N)cc1. The summed E-state index contributed by atoms with van der Waals surface area (Å²) in [4.78, 5) is 11.8. The molecule has 1 amide bonds. The predicted octanol–water partition coefficient (Wildman–Crippen LogP) is 0.666. The molecule has 2 rings (SSSR count). The third-order valence-corrected chi connectivity index (χ3v) is 3.83. The van der Waals surface area contributed by atoms with Crippen molar-refractivity contribution in [2.75, 3.05) is 21.5 Å². The molecule has 0 aliphatic rings. The first-order valence-electron chi connectivity index (χ1n) is 5.91. The van der Waals surface area contributed by atoms with Crippen LogP contribution in [-0.4, -0.2) is 30.4 Å². The third kappa shape index (κ3) is 3.69. The van der Waals surface area contributed by atoms with E-state index in [1.165, 1.54) is 31.2 Å². The van der Waals surface area contributed by atoms with Crippen LogP contribution in [-0.2, 0) is 10.0 Å². The van der Waals surface area contributed by atoms with Crippen LogP contribution in [0, 0.1) is 0 Å². The number of nitrogens with zero attached hydrogens (tertiary/aromatic N) is 2. The molecule has 1 aromatic carbocycles. The van der Waals surface area contributed by atoms with Gasteiger partial charge in [-0.05, 0) is 41.5 Å². The first-order chi connectivity index (χ1) is 9.91. The summed E-state index contributed by atoms with van der Waals surface area (Å²) in [6.45, 7) is 1.53. The molecule has 0 fully saturated rings. The fourth-order valence-electron chi connectivity index (χ4n) is 1.42. The van der Waals surface area contributed by atoms with E-state index in [0.717, 1.165) is 0 Å². The minimum atomic E-state index is -3.33. The van der Waals surface area contributed by atoms with E-state index >= 15 is 0 Å². The molecule has 0 aliphatic heterocycles. The van der Waals surface area contributed by atoms with Crippen molar-refractivity contribution in [1.29, 1.82) is 0 Å². The van der Waals surface area contributed by atoms with Gasteiger partial charge in [-0.2, -0.15) is 0 Å². The Hall–Kier alpha value is -2.62. The summed E-state index contributed by atoms with van der Waals surface area (Å²) < 4.78 is 29.5. The number of rotatable bonds is 5. The van der Waals surface area contributed by atoms with Crippen LogP contribution in [0.25, 0.3) is 0 Å². The number of benzene rings is 1. The molecule has 0 unspecified atom stereocenters. The van der Waals surface area contributed by atoms with Gasteiger partial charge in [0.1, 0.15) is 0 Å². The highest BCUT2D eigenvalue weighted by Crippen LogP contribution is 2.16. The summed E-state index contributed by atoms with van der Waals surface area (Å²) in [5.74, 6) is -0.709. The highest BCUT2D eigenvalue weighted by Gasteiger charge is 2.16. The Labute approximate surface area is 120 Å². The molecule has 2 aromatic rings. The maximum absolute atomic E-state index is 11.8. The minimum absolute atomic E-state index is 0.0239.